The zero-order valence-electron chi connectivity index (χ0n) is 18.0. The van der Waals surface area contributed by atoms with E-state index in [1.54, 1.807) is 12.1 Å². The number of carbonyl (C=O) groups excluding carboxylic acids is 1. The van der Waals surface area contributed by atoms with Gasteiger partial charge in [-0.3, -0.25) is 4.79 Å². The third-order valence-corrected chi connectivity index (χ3v) is 5.06. The third-order valence-electron chi connectivity index (χ3n) is 5.06. The largest absolute Gasteiger partial charge is 0.459 e. The number of carbonyl (C=O) groups is 1. The van der Waals surface area contributed by atoms with Gasteiger partial charge in [0.05, 0.1) is 19.4 Å². The second kappa shape index (κ2) is 11.4. The van der Waals surface area contributed by atoms with Gasteiger partial charge < -0.3 is 24.3 Å². The Balaban J connectivity index is 1.61. The van der Waals surface area contributed by atoms with Crippen LogP contribution in [0.15, 0.2) is 52.1 Å². The molecule has 0 saturated carbocycles. The molecule has 1 N–H and O–H groups in total. The summed E-state index contributed by atoms with van der Waals surface area (Å²) in [7, 11) is 0. The van der Waals surface area contributed by atoms with Gasteiger partial charge in [0.2, 0.25) is 0 Å². The maximum atomic E-state index is 12.5. The minimum atomic E-state index is -0.0532. The van der Waals surface area contributed by atoms with Gasteiger partial charge in [0.1, 0.15) is 0 Å². The summed E-state index contributed by atoms with van der Waals surface area (Å²) in [6.07, 6.45) is 2.55. The minimum absolute atomic E-state index is 0.0532. The molecule has 1 fully saturated rings. The molecule has 1 aliphatic rings. The van der Waals surface area contributed by atoms with E-state index < -0.39 is 0 Å². The van der Waals surface area contributed by atoms with Gasteiger partial charge in [-0.25, -0.2) is 4.99 Å². The smallest absolute Gasteiger partial charge is 0.289 e. The Hall–Kier alpha value is -2.80. The fourth-order valence-corrected chi connectivity index (χ4v) is 3.44. The van der Waals surface area contributed by atoms with Gasteiger partial charge in [-0.05, 0) is 36.6 Å². The van der Waals surface area contributed by atoms with Crippen LogP contribution in [0, 0.1) is 0 Å². The molecule has 1 aromatic heterocycles. The topological polar surface area (TPSA) is 70.3 Å². The Morgan fingerprint density at radius 1 is 1.07 bits per heavy atom. The summed E-state index contributed by atoms with van der Waals surface area (Å²) in [5.74, 6) is 1.22. The predicted molar refractivity (Wildman–Crippen MR) is 117 cm³/mol. The van der Waals surface area contributed by atoms with Crippen molar-refractivity contribution in [3.63, 3.8) is 0 Å². The maximum absolute atomic E-state index is 12.5. The summed E-state index contributed by atoms with van der Waals surface area (Å²) in [6.45, 7) is 9.71. The molecule has 1 saturated heterocycles. The van der Waals surface area contributed by atoms with E-state index in [4.69, 9.17) is 14.1 Å². The molecular weight excluding hydrogens is 380 g/mol. The first kappa shape index (κ1) is 21.9. The van der Waals surface area contributed by atoms with Gasteiger partial charge in [-0.15, -0.1) is 0 Å². The quantitative estimate of drug-likeness (QED) is 0.410. The van der Waals surface area contributed by atoms with E-state index in [0.29, 0.717) is 32.0 Å². The third kappa shape index (κ3) is 5.86. The number of guanidine groups is 1. The van der Waals surface area contributed by atoms with Gasteiger partial charge in [0, 0.05) is 39.3 Å². The van der Waals surface area contributed by atoms with Crippen LogP contribution in [0.3, 0.4) is 0 Å². The number of rotatable bonds is 8. The average Bonchev–Trinajstić information content (AvgIpc) is 3.32. The lowest BCUT2D eigenvalue weighted by atomic mass is 10.1. The molecule has 0 unspecified atom stereocenters. The van der Waals surface area contributed by atoms with Crippen LogP contribution in [0.2, 0.25) is 0 Å². The number of benzene rings is 1. The molecule has 0 spiro atoms. The lowest BCUT2D eigenvalue weighted by molar-refractivity contribution is 0.0657. The first-order valence-corrected chi connectivity index (χ1v) is 10.7. The van der Waals surface area contributed by atoms with E-state index >= 15 is 0 Å². The minimum Gasteiger partial charge on any atom is -0.459 e. The van der Waals surface area contributed by atoms with Crippen molar-refractivity contribution in [2.24, 2.45) is 4.99 Å². The zero-order chi connectivity index (χ0) is 21.2. The van der Waals surface area contributed by atoms with Gasteiger partial charge in [0.15, 0.2) is 11.7 Å². The lowest BCUT2D eigenvalue weighted by Crippen LogP contribution is -2.53. The predicted octanol–water partition coefficient (Wildman–Crippen LogP) is 3.13. The number of hydrogen-bond acceptors (Lipinski definition) is 4. The maximum Gasteiger partial charge on any atom is 0.289 e. The van der Waals surface area contributed by atoms with Crippen LogP contribution in [0.1, 0.15) is 41.9 Å². The summed E-state index contributed by atoms with van der Waals surface area (Å²) in [6, 6.07) is 11.7. The van der Waals surface area contributed by atoms with Crippen LogP contribution in [-0.4, -0.2) is 61.0 Å². The molecule has 0 aliphatic carbocycles. The van der Waals surface area contributed by atoms with E-state index in [-0.39, 0.29) is 5.91 Å². The van der Waals surface area contributed by atoms with Crippen LogP contribution in [-0.2, 0) is 17.9 Å². The van der Waals surface area contributed by atoms with E-state index in [0.717, 1.165) is 38.6 Å². The number of hydrogen-bond donors (Lipinski definition) is 1. The van der Waals surface area contributed by atoms with Crippen molar-refractivity contribution in [1.29, 1.82) is 0 Å². The second-order valence-electron chi connectivity index (χ2n) is 7.25. The van der Waals surface area contributed by atoms with E-state index in [1.165, 1.54) is 17.4 Å². The highest BCUT2D eigenvalue weighted by molar-refractivity contribution is 5.91. The second-order valence-corrected chi connectivity index (χ2v) is 7.25. The molecule has 1 aliphatic heterocycles. The normalized spacial score (nSPS) is 14.8. The zero-order valence-corrected chi connectivity index (χ0v) is 18.0. The number of nitrogens with one attached hydrogen (secondary N) is 1. The van der Waals surface area contributed by atoms with E-state index in [2.05, 4.69) is 36.2 Å². The SMILES string of the molecule is CCCOCc1ccccc1CN=C(NCC)N1CCN(C(=O)c2ccco2)CC1. The summed E-state index contributed by atoms with van der Waals surface area (Å²) >= 11 is 0. The Bertz CT molecular complexity index is 812. The van der Waals surface area contributed by atoms with Gasteiger partial charge in [0.25, 0.3) is 5.91 Å². The lowest BCUT2D eigenvalue weighted by Gasteiger charge is -2.36. The Labute approximate surface area is 178 Å². The Morgan fingerprint density at radius 3 is 2.47 bits per heavy atom. The van der Waals surface area contributed by atoms with Crippen LogP contribution in [0.5, 0.6) is 0 Å². The number of furan rings is 1. The van der Waals surface area contributed by atoms with Crippen molar-refractivity contribution in [3.8, 4) is 0 Å². The first-order chi connectivity index (χ1) is 14.7. The number of piperazine rings is 1. The van der Waals surface area contributed by atoms with Crippen molar-refractivity contribution in [1.82, 2.24) is 15.1 Å². The highest BCUT2D eigenvalue weighted by Crippen LogP contribution is 2.13. The van der Waals surface area contributed by atoms with Crippen LogP contribution < -0.4 is 5.32 Å². The highest BCUT2D eigenvalue weighted by Gasteiger charge is 2.25. The Kier molecular flexibility index (Phi) is 8.32. The molecule has 3 rings (SSSR count). The first-order valence-electron chi connectivity index (χ1n) is 10.7. The average molecular weight is 413 g/mol. The molecule has 2 aromatic rings. The van der Waals surface area contributed by atoms with Crippen LogP contribution in [0.4, 0.5) is 0 Å². The number of amides is 1. The fourth-order valence-electron chi connectivity index (χ4n) is 3.44. The van der Waals surface area contributed by atoms with Crippen LogP contribution in [0.25, 0.3) is 0 Å². The van der Waals surface area contributed by atoms with Gasteiger partial charge in [-0.2, -0.15) is 0 Å². The van der Waals surface area contributed by atoms with Crippen molar-refractivity contribution in [3.05, 3.63) is 59.5 Å². The van der Waals surface area contributed by atoms with E-state index in [1.807, 2.05) is 17.0 Å². The molecule has 1 aromatic carbocycles. The van der Waals surface area contributed by atoms with Crippen molar-refractivity contribution in [2.75, 3.05) is 39.3 Å². The monoisotopic (exact) mass is 412 g/mol. The molecule has 0 atom stereocenters. The molecule has 2 heterocycles. The molecule has 7 nitrogen and oxygen atoms in total. The fraction of sp³-hybridized carbons (Fsp3) is 0.478. The van der Waals surface area contributed by atoms with E-state index in [9.17, 15) is 4.79 Å². The van der Waals surface area contributed by atoms with Crippen LogP contribution >= 0.6 is 0 Å². The highest BCUT2D eigenvalue weighted by atomic mass is 16.5. The van der Waals surface area contributed by atoms with Crippen molar-refractivity contribution < 1.29 is 13.9 Å². The molecule has 162 valence electrons. The summed E-state index contributed by atoms with van der Waals surface area (Å²) < 4.78 is 11.0. The summed E-state index contributed by atoms with van der Waals surface area (Å²) in [4.78, 5) is 21.4. The van der Waals surface area contributed by atoms with Gasteiger partial charge >= 0.3 is 0 Å². The summed E-state index contributed by atoms with van der Waals surface area (Å²) in [5, 5.41) is 3.39. The summed E-state index contributed by atoms with van der Waals surface area (Å²) in [5.41, 5.74) is 2.36. The van der Waals surface area contributed by atoms with Crippen molar-refractivity contribution in [2.45, 2.75) is 33.4 Å². The molecule has 0 bridgehead atoms. The standard InChI is InChI=1S/C23H32N4O3/c1-3-15-29-18-20-9-6-5-8-19(20)17-25-23(24-4-2)27-13-11-26(12-14-27)22(28)21-10-7-16-30-21/h5-10,16H,3-4,11-15,17-18H2,1-2H3,(H,24,25). The van der Waals surface area contributed by atoms with Crippen molar-refractivity contribution >= 4 is 11.9 Å². The molecule has 0 radical (unpaired) electrons. The number of nitrogens with zero attached hydrogens (tertiary/aromatic N) is 3. The molecule has 1 amide bonds. The molecule has 30 heavy (non-hydrogen) atoms. The number of ether oxygens (including phenoxy) is 1. The number of aliphatic imine (C=N–C) groups is 1. The Morgan fingerprint density at radius 2 is 1.80 bits per heavy atom. The van der Waals surface area contributed by atoms with Gasteiger partial charge in [-0.1, -0.05) is 31.2 Å². The molecule has 7 heteroatoms. The molecular formula is C23H32N4O3.